The number of hydrogen-bond acceptors (Lipinski definition) is 7. The van der Waals surface area contributed by atoms with E-state index in [0.717, 1.165) is 35.3 Å². The van der Waals surface area contributed by atoms with Crippen LogP contribution in [0.25, 0.3) is 11.1 Å². The van der Waals surface area contributed by atoms with Gasteiger partial charge in [-0.25, -0.2) is 14.9 Å². The molecule has 2 aromatic rings. The molecule has 2 heterocycles. The number of nitriles is 1. The van der Waals surface area contributed by atoms with Crippen LogP contribution >= 0.6 is 0 Å². The van der Waals surface area contributed by atoms with Gasteiger partial charge in [0, 0.05) is 13.5 Å². The number of nitrogens with zero attached hydrogens (tertiary/aromatic N) is 3. The maximum absolute atomic E-state index is 9.35. The number of guanidine groups is 1. The van der Waals surface area contributed by atoms with Crippen LogP contribution in [-0.4, -0.2) is 35.9 Å². The molecule has 7 heteroatoms. The summed E-state index contributed by atoms with van der Waals surface area (Å²) in [5.74, 6) is 1.40. The van der Waals surface area contributed by atoms with Gasteiger partial charge in [-0.15, -0.1) is 0 Å². The summed E-state index contributed by atoms with van der Waals surface area (Å²) >= 11 is 0. The van der Waals surface area contributed by atoms with Crippen molar-refractivity contribution in [1.82, 2.24) is 5.06 Å². The Morgan fingerprint density at radius 2 is 1.80 bits per heavy atom. The standard InChI is InChI=1S/C28H36N4O3/c1-7-28(31-25(30)32(6)35-28)23-14-22(21-10-8-9-19(13-21)17-29)11-12-24(23)33-18-20-15-26(2,3)34-27(4,5)16-20/h8-14,20H,7,15-16,18H2,1-6H3,(H2,30,31). The van der Waals surface area contributed by atoms with Gasteiger partial charge in [0.15, 0.2) is 0 Å². The fourth-order valence-electron chi connectivity index (χ4n) is 5.52. The van der Waals surface area contributed by atoms with Gasteiger partial charge in [-0.05, 0) is 81.8 Å². The van der Waals surface area contributed by atoms with Gasteiger partial charge < -0.3 is 15.2 Å². The van der Waals surface area contributed by atoms with Gasteiger partial charge in [0.25, 0.3) is 0 Å². The fourth-order valence-corrected chi connectivity index (χ4v) is 5.52. The molecule has 0 radical (unpaired) electrons. The summed E-state index contributed by atoms with van der Waals surface area (Å²) < 4.78 is 12.7. The van der Waals surface area contributed by atoms with E-state index >= 15 is 0 Å². The number of benzene rings is 2. The van der Waals surface area contributed by atoms with Gasteiger partial charge in [0.2, 0.25) is 11.7 Å². The molecule has 4 rings (SSSR count). The molecule has 2 aliphatic heterocycles. The van der Waals surface area contributed by atoms with Crippen molar-refractivity contribution in [2.24, 2.45) is 16.6 Å². The highest BCUT2D eigenvalue weighted by Crippen LogP contribution is 2.44. The molecule has 1 unspecified atom stereocenters. The third-order valence-corrected chi connectivity index (χ3v) is 6.70. The molecule has 1 saturated heterocycles. The molecular weight excluding hydrogens is 440 g/mol. The Bertz CT molecular complexity index is 1150. The van der Waals surface area contributed by atoms with Crippen molar-refractivity contribution in [3.05, 3.63) is 53.6 Å². The molecule has 186 valence electrons. The summed E-state index contributed by atoms with van der Waals surface area (Å²) in [7, 11) is 1.75. The van der Waals surface area contributed by atoms with Gasteiger partial charge in [-0.1, -0.05) is 25.1 Å². The minimum Gasteiger partial charge on any atom is -0.493 e. The van der Waals surface area contributed by atoms with Crippen LogP contribution in [0.4, 0.5) is 0 Å². The van der Waals surface area contributed by atoms with Crippen LogP contribution in [0.1, 0.15) is 65.0 Å². The molecule has 2 aromatic carbocycles. The van der Waals surface area contributed by atoms with E-state index in [-0.39, 0.29) is 11.2 Å². The predicted octanol–water partition coefficient (Wildman–Crippen LogP) is 5.34. The molecule has 0 saturated carbocycles. The van der Waals surface area contributed by atoms with Crippen LogP contribution in [-0.2, 0) is 15.3 Å². The Balaban J connectivity index is 1.71. The molecule has 0 bridgehead atoms. The summed E-state index contributed by atoms with van der Waals surface area (Å²) in [6.07, 6.45) is 2.43. The summed E-state index contributed by atoms with van der Waals surface area (Å²) in [5, 5.41) is 10.8. The summed E-state index contributed by atoms with van der Waals surface area (Å²) in [5.41, 5.74) is 8.06. The first-order chi connectivity index (χ1) is 16.5. The third-order valence-electron chi connectivity index (χ3n) is 6.70. The molecule has 0 aliphatic carbocycles. The fraction of sp³-hybridized carbons (Fsp3) is 0.500. The number of nitrogens with two attached hydrogens (primary N) is 1. The largest absolute Gasteiger partial charge is 0.493 e. The van der Waals surface area contributed by atoms with E-state index in [4.69, 9.17) is 25.0 Å². The van der Waals surface area contributed by atoms with Gasteiger partial charge in [-0.3, -0.25) is 0 Å². The first kappa shape index (κ1) is 25.0. The predicted molar refractivity (Wildman–Crippen MR) is 136 cm³/mol. The molecule has 7 nitrogen and oxygen atoms in total. The van der Waals surface area contributed by atoms with Crippen LogP contribution in [0, 0.1) is 17.2 Å². The zero-order chi connectivity index (χ0) is 25.4. The van der Waals surface area contributed by atoms with E-state index in [2.05, 4.69) is 33.8 Å². The van der Waals surface area contributed by atoms with Crippen LogP contribution < -0.4 is 10.5 Å². The molecule has 0 spiro atoms. The first-order valence-electron chi connectivity index (χ1n) is 12.2. The Morgan fingerprint density at radius 1 is 1.11 bits per heavy atom. The highest BCUT2D eigenvalue weighted by Gasteiger charge is 2.43. The molecule has 35 heavy (non-hydrogen) atoms. The van der Waals surface area contributed by atoms with Gasteiger partial charge >= 0.3 is 0 Å². The van der Waals surface area contributed by atoms with E-state index in [9.17, 15) is 5.26 Å². The molecule has 1 atom stereocenters. The lowest BCUT2D eigenvalue weighted by molar-refractivity contribution is -0.178. The van der Waals surface area contributed by atoms with Crippen molar-refractivity contribution in [3.8, 4) is 22.9 Å². The van der Waals surface area contributed by atoms with Crippen molar-refractivity contribution < 1.29 is 14.3 Å². The molecular formula is C28H36N4O3. The number of ether oxygens (including phenoxy) is 2. The van der Waals surface area contributed by atoms with Crippen molar-refractivity contribution in [2.45, 2.75) is 70.8 Å². The SMILES string of the molecule is CCC1(c2cc(-c3cccc(C#N)c3)ccc2OCC2CC(C)(C)OC(C)(C)C2)N=C(N)N(C)O1. The van der Waals surface area contributed by atoms with E-state index in [1.54, 1.807) is 13.1 Å². The lowest BCUT2D eigenvalue weighted by Gasteiger charge is -2.45. The van der Waals surface area contributed by atoms with Gasteiger partial charge in [0.05, 0.1) is 35.0 Å². The van der Waals surface area contributed by atoms with Crippen molar-refractivity contribution >= 4 is 5.96 Å². The zero-order valence-corrected chi connectivity index (χ0v) is 21.6. The number of hydroxylamine groups is 2. The second kappa shape index (κ2) is 9.18. The lowest BCUT2D eigenvalue weighted by Crippen LogP contribution is -2.46. The van der Waals surface area contributed by atoms with E-state index in [1.807, 2.05) is 43.3 Å². The monoisotopic (exact) mass is 476 g/mol. The third kappa shape index (κ3) is 5.29. The molecule has 0 aromatic heterocycles. The Morgan fingerprint density at radius 3 is 2.40 bits per heavy atom. The number of rotatable bonds is 6. The summed E-state index contributed by atoms with van der Waals surface area (Å²) in [6, 6.07) is 15.8. The zero-order valence-electron chi connectivity index (χ0n) is 21.6. The van der Waals surface area contributed by atoms with Crippen LogP contribution in [0.2, 0.25) is 0 Å². The maximum Gasteiger partial charge on any atom is 0.218 e. The van der Waals surface area contributed by atoms with Crippen LogP contribution in [0.5, 0.6) is 5.75 Å². The number of hydrogen-bond donors (Lipinski definition) is 1. The maximum atomic E-state index is 9.35. The van der Waals surface area contributed by atoms with E-state index in [0.29, 0.717) is 30.5 Å². The Hall–Kier alpha value is -3.08. The normalized spacial score (nSPS) is 23.6. The Labute approximate surface area is 208 Å². The van der Waals surface area contributed by atoms with Crippen molar-refractivity contribution in [2.75, 3.05) is 13.7 Å². The second-order valence-electron chi connectivity index (χ2n) is 10.8. The first-order valence-corrected chi connectivity index (χ1v) is 12.2. The van der Waals surface area contributed by atoms with Gasteiger partial charge in [-0.2, -0.15) is 5.26 Å². The number of aliphatic imine (C=N–C) groups is 1. The van der Waals surface area contributed by atoms with Crippen LogP contribution in [0.3, 0.4) is 0 Å². The summed E-state index contributed by atoms with van der Waals surface area (Å²) in [4.78, 5) is 10.9. The highest BCUT2D eigenvalue weighted by molar-refractivity contribution is 5.79. The molecule has 2 N–H and O–H groups in total. The average Bonchev–Trinajstić information content (AvgIpc) is 3.10. The van der Waals surface area contributed by atoms with Crippen LogP contribution in [0.15, 0.2) is 47.5 Å². The smallest absolute Gasteiger partial charge is 0.218 e. The minimum absolute atomic E-state index is 0.200. The van der Waals surface area contributed by atoms with E-state index in [1.165, 1.54) is 5.06 Å². The van der Waals surface area contributed by atoms with Crippen molar-refractivity contribution in [3.63, 3.8) is 0 Å². The second-order valence-corrected chi connectivity index (χ2v) is 10.8. The molecule has 1 fully saturated rings. The average molecular weight is 477 g/mol. The highest BCUT2D eigenvalue weighted by atomic mass is 16.7. The summed E-state index contributed by atoms with van der Waals surface area (Å²) in [6.45, 7) is 11.2. The topological polar surface area (TPSA) is 93.1 Å². The van der Waals surface area contributed by atoms with E-state index < -0.39 is 5.72 Å². The quantitative estimate of drug-likeness (QED) is 0.605. The van der Waals surface area contributed by atoms with Crippen molar-refractivity contribution in [1.29, 1.82) is 5.26 Å². The molecule has 0 amide bonds. The Kier molecular flexibility index (Phi) is 6.56. The molecule has 2 aliphatic rings. The minimum atomic E-state index is -0.981. The lowest BCUT2D eigenvalue weighted by atomic mass is 9.81. The van der Waals surface area contributed by atoms with Gasteiger partial charge in [0.1, 0.15) is 5.75 Å².